The van der Waals surface area contributed by atoms with Crippen LogP contribution in [-0.4, -0.2) is 37.5 Å². The Hall–Kier alpha value is -3.44. The Morgan fingerprint density at radius 2 is 2.14 bits per heavy atom. The molecule has 2 aromatic heterocycles. The first kappa shape index (κ1) is 19.3. The molecule has 0 radical (unpaired) electrons. The second kappa shape index (κ2) is 8.50. The van der Waals surface area contributed by atoms with E-state index in [0.29, 0.717) is 5.69 Å². The van der Waals surface area contributed by atoms with Crippen molar-refractivity contribution in [1.82, 2.24) is 19.6 Å². The second-order valence-electron chi connectivity index (χ2n) is 5.53. The lowest BCUT2D eigenvalue weighted by molar-refractivity contribution is -0.384. The number of halogens is 1. The van der Waals surface area contributed by atoms with Crippen LogP contribution >= 0.6 is 11.6 Å². The minimum absolute atomic E-state index is 0.0312. The number of ether oxygens (including phenoxy) is 2. The number of nitrogens with zero attached hydrogens (tertiary/aromatic N) is 5. The topological polar surface area (TPSA) is 126 Å². The Balaban J connectivity index is 1.59. The molecule has 3 aromatic rings. The average molecular weight is 407 g/mol. The highest BCUT2D eigenvalue weighted by molar-refractivity contribution is 6.32. The molecular formula is C16H15ClN6O5. The molecule has 0 saturated carbocycles. The van der Waals surface area contributed by atoms with E-state index in [2.05, 4.69) is 15.5 Å². The van der Waals surface area contributed by atoms with E-state index in [1.54, 1.807) is 19.5 Å². The van der Waals surface area contributed by atoms with E-state index >= 15 is 0 Å². The van der Waals surface area contributed by atoms with E-state index < -0.39 is 10.8 Å². The van der Waals surface area contributed by atoms with Gasteiger partial charge in [0.05, 0.1) is 28.0 Å². The van der Waals surface area contributed by atoms with Crippen molar-refractivity contribution < 1.29 is 19.2 Å². The van der Waals surface area contributed by atoms with Gasteiger partial charge in [-0.15, -0.1) is 0 Å². The van der Waals surface area contributed by atoms with E-state index in [1.165, 1.54) is 39.8 Å². The van der Waals surface area contributed by atoms with Crippen molar-refractivity contribution in [2.24, 2.45) is 0 Å². The monoisotopic (exact) mass is 406 g/mol. The molecule has 1 amide bonds. The number of carbonyl (C=O) groups is 1. The minimum Gasteiger partial charge on any atom is -0.470 e. The average Bonchev–Trinajstić information content (AvgIpc) is 3.30. The van der Waals surface area contributed by atoms with Crippen LogP contribution in [0.3, 0.4) is 0 Å². The van der Waals surface area contributed by atoms with Gasteiger partial charge in [0.2, 0.25) is 0 Å². The van der Waals surface area contributed by atoms with Crippen molar-refractivity contribution in [2.75, 3.05) is 12.4 Å². The molecule has 11 nitrogen and oxygen atoms in total. The Labute approximate surface area is 163 Å². The molecule has 146 valence electrons. The lowest BCUT2D eigenvalue weighted by atomic mass is 10.3. The van der Waals surface area contributed by atoms with Gasteiger partial charge in [-0.05, 0) is 12.1 Å². The third kappa shape index (κ3) is 4.64. The molecular weight excluding hydrogens is 392 g/mol. The van der Waals surface area contributed by atoms with E-state index in [1.807, 2.05) is 0 Å². The maximum Gasteiger partial charge on any atom is 0.276 e. The van der Waals surface area contributed by atoms with Crippen LogP contribution in [0.25, 0.3) is 0 Å². The van der Waals surface area contributed by atoms with Crippen molar-refractivity contribution in [3.8, 4) is 5.75 Å². The summed E-state index contributed by atoms with van der Waals surface area (Å²) in [6, 6.07) is 5.40. The van der Waals surface area contributed by atoms with Crippen LogP contribution in [0.1, 0.15) is 10.5 Å². The summed E-state index contributed by atoms with van der Waals surface area (Å²) in [6.45, 7) is 0.240. The van der Waals surface area contributed by atoms with Gasteiger partial charge in [-0.25, -0.2) is 9.36 Å². The van der Waals surface area contributed by atoms with E-state index in [0.717, 1.165) is 0 Å². The number of benzene rings is 1. The number of non-ortho nitro benzene ring substituents is 1. The van der Waals surface area contributed by atoms with Crippen LogP contribution in [0.15, 0.2) is 42.9 Å². The van der Waals surface area contributed by atoms with Crippen molar-refractivity contribution in [3.63, 3.8) is 0 Å². The third-order valence-electron chi connectivity index (χ3n) is 3.50. The smallest absolute Gasteiger partial charge is 0.276 e. The standard InChI is InChI=1S/C16H15ClN6O5/c1-27-9-22-8-11(7-18-22)19-16(24)14-4-5-21(20-14)10-28-15-3-2-12(23(25)26)6-13(15)17/h2-8H,9-10H2,1H3,(H,19,24). The molecule has 2 heterocycles. The summed E-state index contributed by atoms with van der Waals surface area (Å²) in [5.41, 5.74) is 0.549. The van der Waals surface area contributed by atoms with Gasteiger partial charge in [0.25, 0.3) is 11.6 Å². The maximum absolute atomic E-state index is 12.2. The molecule has 1 aromatic carbocycles. The lowest BCUT2D eigenvalue weighted by Gasteiger charge is -2.07. The number of nitrogens with one attached hydrogen (secondary N) is 1. The molecule has 0 unspecified atom stereocenters. The zero-order chi connectivity index (χ0) is 20.1. The molecule has 0 atom stereocenters. The first-order chi connectivity index (χ1) is 13.5. The van der Waals surface area contributed by atoms with Crippen molar-refractivity contribution >= 4 is 28.9 Å². The third-order valence-corrected chi connectivity index (χ3v) is 3.80. The Kier molecular flexibility index (Phi) is 5.87. The zero-order valence-corrected chi connectivity index (χ0v) is 15.4. The van der Waals surface area contributed by atoms with Gasteiger partial charge in [-0.2, -0.15) is 10.2 Å². The van der Waals surface area contributed by atoms with Gasteiger partial charge in [0.15, 0.2) is 12.4 Å². The molecule has 0 spiro atoms. The highest BCUT2D eigenvalue weighted by Crippen LogP contribution is 2.28. The van der Waals surface area contributed by atoms with Gasteiger partial charge >= 0.3 is 0 Å². The summed E-state index contributed by atoms with van der Waals surface area (Å²) in [5, 5.41) is 21.6. The molecule has 3 rings (SSSR count). The van der Waals surface area contributed by atoms with Gasteiger partial charge in [-0.1, -0.05) is 11.6 Å². The predicted octanol–water partition coefficient (Wildman–Crippen LogP) is 2.53. The SMILES string of the molecule is COCn1cc(NC(=O)c2ccn(COc3ccc([N+](=O)[O-])cc3Cl)n2)cn1. The molecule has 0 bridgehead atoms. The number of hydrogen-bond acceptors (Lipinski definition) is 7. The molecule has 28 heavy (non-hydrogen) atoms. The number of nitro groups is 1. The molecule has 0 aliphatic heterocycles. The molecule has 0 fully saturated rings. The first-order valence-corrected chi connectivity index (χ1v) is 8.27. The highest BCUT2D eigenvalue weighted by Gasteiger charge is 2.13. The number of methoxy groups -OCH3 is 1. The van der Waals surface area contributed by atoms with Crippen LogP contribution in [0.4, 0.5) is 11.4 Å². The summed E-state index contributed by atoms with van der Waals surface area (Å²) in [4.78, 5) is 22.4. The summed E-state index contributed by atoms with van der Waals surface area (Å²) >= 11 is 5.97. The predicted molar refractivity (Wildman–Crippen MR) is 98.2 cm³/mol. The Morgan fingerprint density at radius 3 is 2.86 bits per heavy atom. The number of rotatable bonds is 8. The lowest BCUT2D eigenvalue weighted by Crippen LogP contribution is -2.14. The van der Waals surface area contributed by atoms with Crippen molar-refractivity contribution in [1.29, 1.82) is 0 Å². The van der Waals surface area contributed by atoms with Gasteiger partial charge in [-0.3, -0.25) is 14.9 Å². The van der Waals surface area contributed by atoms with E-state index in [-0.39, 0.29) is 35.6 Å². The number of aromatic nitrogens is 4. The number of hydrogen-bond donors (Lipinski definition) is 1. The summed E-state index contributed by atoms with van der Waals surface area (Å²) in [5.74, 6) is -0.150. The Bertz CT molecular complexity index is 1000. The minimum atomic E-state index is -0.549. The van der Waals surface area contributed by atoms with Crippen LogP contribution < -0.4 is 10.1 Å². The van der Waals surface area contributed by atoms with Gasteiger partial charge < -0.3 is 14.8 Å². The van der Waals surface area contributed by atoms with Crippen LogP contribution in [-0.2, 0) is 18.2 Å². The fourth-order valence-electron chi connectivity index (χ4n) is 2.24. The van der Waals surface area contributed by atoms with Crippen LogP contribution in [0.2, 0.25) is 5.02 Å². The highest BCUT2D eigenvalue weighted by atomic mass is 35.5. The zero-order valence-electron chi connectivity index (χ0n) is 14.6. The van der Waals surface area contributed by atoms with E-state index in [9.17, 15) is 14.9 Å². The molecule has 1 N–H and O–H groups in total. The first-order valence-electron chi connectivity index (χ1n) is 7.89. The second-order valence-corrected chi connectivity index (χ2v) is 5.93. The van der Waals surface area contributed by atoms with Crippen molar-refractivity contribution in [3.05, 3.63) is 63.7 Å². The van der Waals surface area contributed by atoms with Gasteiger partial charge in [0, 0.05) is 25.4 Å². The van der Waals surface area contributed by atoms with Crippen molar-refractivity contribution in [2.45, 2.75) is 13.5 Å². The van der Waals surface area contributed by atoms with E-state index in [4.69, 9.17) is 21.1 Å². The fraction of sp³-hybridized carbons (Fsp3) is 0.188. The molecule has 0 saturated heterocycles. The summed E-state index contributed by atoms with van der Waals surface area (Å²) in [7, 11) is 1.54. The van der Waals surface area contributed by atoms with Crippen LogP contribution in [0.5, 0.6) is 5.75 Å². The maximum atomic E-state index is 12.2. The number of nitro benzene ring substituents is 1. The number of anilines is 1. The number of carbonyl (C=O) groups excluding carboxylic acids is 1. The largest absolute Gasteiger partial charge is 0.470 e. The quantitative estimate of drug-likeness (QED) is 0.449. The molecule has 12 heteroatoms. The summed E-state index contributed by atoms with van der Waals surface area (Å²) in [6.07, 6.45) is 4.67. The summed E-state index contributed by atoms with van der Waals surface area (Å²) < 4.78 is 13.3. The molecule has 0 aliphatic carbocycles. The fourth-order valence-corrected chi connectivity index (χ4v) is 2.47. The molecule has 0 aliphatic rings. The number of amides is 1. The van der Waals surface area contributed by atoms with Gasteiger partial charge in [0.1, 0.15) is 12.5 Å². The van der Waals surface area contributed by atoms with Crippen LogP contribution in [0, 0.1) is 10.1 Å². The normalized spacial score (nSPS) is 10.6. The Morgan fingerprint density at radius 1 is 1.32 bits per heavy atom.